The van der Waals surface area contributed by atoms with E-state index in [9.17, 15) is 14.0 Å². The summed E-state index contributed by atoms with van der Waals surface area (Å²) in [7, 11) is 1.43. The largest absolute Gasteiger partial charge is 0.341 e. The van der Waals surface area contributed by atoms with Gasteiger partial charge in [0, 0.05) is 17.9 Å². The quantitative estimate of drug-likeness (QED) is 0.893. The fourth-order valence-corrected chi connectivity index (χ4v) is 2.65. The van der Waals surface area contributed by atoms with Gasteiger partial charge >= 0.3 is 6.03 Å². The van der Waals surface area contributed by atoms with Crippen molar-refractivity contribution in [3.8, 4) is 0 Å². The van der Waals surface area contributed by atoms with E-state index in [1.807, 2.05) is 6.92 Å². The molecule has 3 amide bonds. The highest BCUT2D eigenvalue weighted by molar-refractivity contribution is 8.00. The number of hydrogen-bond acceptors (Lipinski definition) is 3. The van der Waals surface area contributed by atoms with Crippen molar-refractivity contribution >= 4 is 23.7 Å². The van der Waals surface area contributed by atoms with E-state index >= 15 is 0 Å². The predicted molar refractivity (Wildman–Crippen MR) is 74.5 cm³/mol. The van der Waals surface area contributed by atoms with Crippen LogP contribution in [0.3, 0.4) is 0 Å². The molecule has 6 heteroatoms. The molecule has 0 spiro atoms. The van der Waals surface area contributed by atoms with E-state index in [4.69, 9.17) is 0 Å². The highest BCUT2D eigenvalue weighted by Crippen LogP contribution is 2.33. The average Bonchev–Trinajstić information content (AvgIpc) is 2.38. The molecule has 0 aliphatic heterocycles. The molecule has 4 nitrogen and oxygen atoms in total. The van der Waals surface area contributed by atoms with Gasteiger partial charge in [0.1, 0.15) is 5.82 Å². The maximum Gasteiger partial charge on any atom is 0.321 e. The van der Waals surface area contributed by atoms with Crippen LogP contribution in [0.25, 0.3) is 0 Å². The first kappa shape index (κ1) is 15.5. The van der Waals surface area contributed by atoms with E-state index in [2.05, 4.69) is 10.6 Å². The van der Waals surface area contributed by atoms with Crippen LogP contribution in [0.2, 0.25) is 0 Å². The van der Waals surface area contributed by atoms with E-state index in [0.717, 1.165) is 0 Å². The van der Waals surface area contributed by atoms with E-state index in [-0.39, 0.29) is 11.1 Å². The van der Waals surface area contributed by atoms with E-state index in [1.165, 1.54) is 24.9 Å². The van der Waals surface area contributed by atoms with Crippen molar-refractivity contribution in [2.45, 2.75) is 24.3 Å². The van der Waals surface area contributed by atoms with Crippen LogP contribution in [-0.2, 0) is 4.79 Å². The van der Waals surface area contributed by atoms with Crippen molar-refractivity contribution in [2.75, 3.05) is 7.05 Å². The topological polar surface area (TPSA) is 58.2 Å². The van der Waals surface area contributed by atoms with Gasteiger partial charge in [0.25, 0.3) is 0 Å². The zero-order valence-corrected chi connectivity index (χ0v) is 11.9. The van der Waals surface area contributed by atoms with Gasteiger partial charge in [-0.15, -0.1) is 11.8 Å². The Labute approximate surface area is 116 Å². The molecule has 0 aliphatic rings. The third-order valence-electron chi connectivity index (χ3n) is 2.58. The zero-order chi connectivity index (χ0) is 14.4. The molecule has 2 atom stereocenters. The van der Waals surface area contributed by atoms with Crippen LogP contribution in [0.15, 0.2) is 24.3 Å². The smallest absolute Gasteiger partial charge is 0.321 e. The second-order valence-electron chi connectivity index (χ2n) is 4.01. The van der Waals surface area contributed by atoms with Gasteiger partial charge in [0.05, 0.1) is 5.25 Å². The van der Waals surface area contributed by atoms with Crippen molar-refractivity contribution in [2.24, 2.45) is 0 Å². The summed E-state index contributed by atoms with van der Waals surface area (Å²) in [6.07, 6.45) is 0. The van der Waals surface area contributed by atoms with Crippen LogP contribution < -0.4 is 10.6 Å². The summed E-state index contributed by atoms with van der Waals surface area (Å²) in [5, 5.41) is 3.88. The second-order valence-corrected chi connectivity index (χ2v) is 5.70. The van der Waals surface area contributed by atoms with Gasteiger partial charge in [-0.1, -0.05) is 18.2 Å². The Balaban J connectivity index is 2.62. The predicted octanol–water partition coefficient (Wildman–Crippen LogP) is 2.46. The number of benzene rings is 1. The summed E-state index contributed by atoms with van der Waals surface area (Å²) in [4.78, 5) is 22.7. The lowest BCUT2D eigenvalue weighted by Crippen LogP contribution is -2.41. The molecule has 104 valence electrons. The second kappa shape index (κ2) is 7.13. The molecule has 0 bridgehead atoms. The van der Waals surface area contributed by atoms with Gasteiger partial charge in [0.15, 0.2) is 0 Å². The number of carbonyl (C=O) groups excluding carboxylic acids is 2. The molecule has 1 aromatic rings. The molecular formula is C13H17FN2O2S. The summed E-state index contributed by atoms with van der Waals surface area (Å²) in [6.45, 7) is 3.51. The number of amides is 3. The Morgan fingerprint density at radius 2 is 1.89 bits per heavy atom. The lowest BCUT2D eigenvalue weighted by molar-refractivity contribution is -0.119. The first-order chi connectivity index (χ1) is 8.95. The molecule has 0 saturated heterocycles. The Kier molecular flexibility index (Phi) is 5.82. The fraction of sp³-hybridized carbons (Fsp3) is 0.385. The van der Waals surface area contributed by atoms with Gasteiger partial charge < -0.3 is 5.32 Å². The molecule has 0 fully saturated rings. The monoisotopic (exact) mass is 284 g/mol. The van der Waals surface area contributed by atoms with Crippen LogP contribution in [0.1, 0.15) is 24.7 Å². The first-order valence-corrected chi connectivity index (χ1v) is 6.82. The molecule has 0 aliphatic carbocycles. The molecular weight excluding hydrogens is 267 g/mol. The van der Waals surface area contributed by atoms with Gasteiger partial charge in [-0.2, -0.15) is 0 Å². The van der Waals surface area contributed by atoms with Crippen molar-refractivity contribution in [1.29, 1.82) is 0 Å². The number of halogens is 1. The van der Waals surface area contributed by atoms with Gasteiger partial charge in [-0.05, 0) is 19.9 Å². The summed E-state index contributed by atoms with van der Waals surface area (Å²) >= 11 is 1.30. The number of nitrogens with one attached hydrogen (secondary N) is 2. The highest BCUT2D eigenvalue weighted by atomic mass is 32.2. The molecule has 0 saturated carbocycles. The number of rotatable bonds is 4. The van der Waals surface area contributed by atoms with Gasteiger partial charge in [-0.25, -0.2) is 9.18 Å². The Bertz CT molecular complexity index is 468. The Morgan fingerprint density at radius 1 is 1.26 bits per heavy atom. The van der Waals surface area contributed by atoms with Crippen molar-refractivity contribution in [3.63, 3.8) is 0 Å². The number of carbonyl (C=O) groups is 2. The molecule has 0 unspecified atom stereocenters. The highest BCUT2D eigenvalue weighted by Gasteiger charge is 2.20. The molecule has 2 N–H and O–H groups in total. The minimum absolute atomic E-state index is 0.174. The standard InChI is InChI=1S/C13H17FN2O2S/c1-8(10-6-4-5-7-11(10)14)19-9(2)12(17)16-13(18)15-3/h4-9H,1-3H3,(H2,15,16,17,18)/t8-,9-/m0/s1. The van der Waals surface area contributed by atoms with Crippen LogP contribution in [0.4, 0.5) is 9.18 Å². The van der Waals surface area contributed by atoms with Gasteiger partial charge in [0.2, 0.25) is 5.91 Å². The fourth-order valence-electron chi connectivity index (χ4n) is 1.52. The zero-order valence-electron chi connectivity index (χ0n) is 11.1. The number of thioether (sulfide) groups is 1. The molecule has 0 radical (unpaired) electrons. The SMILES string of the molecule is CNC(=O)NC(=O)[C@H](C)S[C@@H](C)c1ccccc1F. The van der Waals surface area contributed by atoms with Crippen LogP contribution in [0.5, 0.6) is 0 Å². The van der Waals surface area contributed by atoms with E-state index in [1.54, 1.807) is 25.1 Å². The molecule has 0 aromatic heterocycles. The summed E-state index contributed by atoms with van der Waals surface area (Å²) in [5.41, 5.74) is 0.548. The molecule has 1 aromatic carbocycles. The summed E-state index contributed by atoms with van der Waals surface area (Å²) in [5.74, 6) is -0.686. The molecule has 0 heterocycles. The third-order valence-corrected chi connectivity index (χ3v) is 3.87. The Morgan fingerprint density at radius 3 is 2.47 bits per heavy atom. The Hall–Kier alpha value is -1.56. The third kappa shape index (κ3) is 4.55. The normalized spacial score (nSPS) is 13.5. The maximum atomic E-state index is 13.6. The first-order valence-electron chi connectivity index (χ1n) is 5.88. The number of urea groups is 1. The summed E-state index contributed by atoms with van der Waals surface area (Å²) in [6, 6.07) is 5.91. The van der Waals surface area contributed by atoms with Crippen LogP contribution in [0, 0.1) is 5.82 Å². The lowest BCUT2D eigenvalue weighted by atomic mass is 10.1. The molecule has 1 rings (SSSR count). The van der Waals surface area contributed by atoms with Crippen molar-refractivity contribution in [3.05, 3.63) is 35.6 Å². The molecule has 19 heavy (non-hydrogen) atoms. The number of imide groups is 1. The minimum atomic E-state index is -0.545. The number of hydrogen-bond donors (Lipinski definition) is 2. The maximum absolute atomic E-state index is 13.6. The van der Waals surface area contributed by atoms with Crippen molar-refractivity contribution in [1.82, 2.24) is 10.6 Å². The van der Waals surface area contributed by atoms with E-state index in [0.29, 0.717) is 5.56 Å². The average molecular weight is 284 g/mol. The van der Waals surface area contributed by atoms with Crippen LogP contribution in [-0.4, -0.2) is 24.2 Å². The van der Waals surface area contributed by atoms with Gasteiger partial charge in [-0.3, -0.25) is 10.1 Å². The summed E-state index contributed by atoms with van der Waals surface area (Å²) < 4.78 is 13.6. The van der Waals surface area contributed by atoms with Crippen molar-refractivity contribution < 1.29 is 14.0 Å². The lowest BCUT2D eigenvalue weighted by Gasteiger charge is -2.17. The van der Waals surface area contributed by atoms with Crippen LogP contribution >= 0.6 is 11.8 Å². The minimum Gasteiger partial charge on any atom is -0.341 e. The van der Waals surface area contributed by atoms with E-state index < -0.39 is 17.2 Å².